The average molecular weight is 364 g/mol. The Morgan fingerprint density at radius 2 is 1.96 bits per heavy atom. The van der Waals surface area contributed by atoms with Gasteiger partial charge in [0.1, 0.15) is 5.82 Å². The first-order valence-corrected chi connectivity index (χ1v) is 9.46. The van der Waals surface area contributed by atoms with Crippen LogP contribution in [-0.4, -0.2) is 64.7 Å². The summed E-state index contributed by atoms with van der Waals surface area (Å²) in [6, 6.07) is 9.28. The third-order valence-electron chi connectivity index (χ3n) is 5.46. The maximum atomic E-state index is 4.93. The Hall–Kier alpha value is -1.14. The van der Waals surface area contributed by atoms with Gasteiger partial charge in [0, 0.05) is 51.9 Å². The molecule has 138 valence electrons. The van der Waals surface area contributed by atoms with E-state index >= 15 is 0 Å². The summed E-state index contributed by atoms with van der Waals surface area (Å²) in [5.41, 5.74) is 2.42. The number of likely N-dealkylation sites (tertiary alicyclic amines) is 1. The largest absolute Gasteiger partial charge is 0.327 e. The van der Waals surface area contributed by atoms with Crippen LogP contribution in [-0.2, 0) is 13.1 Å². The molecule has 2 fully saturated rings. The lowest BCUT2D eigenvalue weighted by atomic mass is 10.2. The van der Waals surface area contributed by atoms with Gasteiger partial charge in [-0.15, -0.1) is 12.4 Å². The molecule has 1 aromatic carbocycles. The zero-order chi connectivity index (χ0) is 16.4. The van der Waals surface area contributed by atoms with Crippen LogP contribution in [0.25, 0.3) is 11.0 Å². The van der Waals surface area contributed by atoms with Gasteiger partial charge in [0.25, 0.3) is 0 Å². The van der Waals surface area contributed by atoms with Crippen molar-refractivity contribution in [2.24, 2.45) is 0 Å². The summed E-state index contributed by atoms with van der Waals surface area (Å²) in [4.78, 5) is 10.2. The SMILES string of the molecule is CCCn1c(CN2CCC(N3CCNCC3)C2)nc2ccccc21.Cl. The number of aromatic nitrogens is 2. The second-order valence-corrected chi connectivity index (χ2v) is 7.13. The van der Waals surface area contributed by atoms with E-state index in [0.717, 1.165) is 44.2 Å². The van der Waals surface area contributed by atoms with E-state index in [9.17, 15) is 0 Å². The van der Waals surface area contributed by atoms with Crippen LogP contribution >= 0.6 is 12.4 Å². The summed E-state index contributed by atoms with van der Waals surface area (Å²) in [5, 5.41) is 3.46. The molecule has 4 rings (SSSR count). The normalized spacial score (nSPS) is 22.4. The van der Waals surface area contributed by atoms with Gasteiger partial charge in [-0.05, 0) is 25.0 Å². The molecule has 2 saturated heterocycles. The Balaban J connectivity index is 0.00000182. The van der Waals surface area contributed by atoms with Crippen molar-refractivity contribution in [2.75, 3.05) is 39.3 Å². The molecule has 2 aromatic rings. The predicted octanol–water partition coefficient (Wildman–Crippen LogP) is 2.35. The van der Waals surface area contributed by atoms with Crippen molar-refractivity contribution in [2.45, 2.75) is 38.9 Å². The molecule has 1 aromatic heterocycles. The van der Waals surface area contributed by atoms with E-state index in [1.165, 1.54) is 43.9 Å². The summed E-state index contributed by atoms with van der Waals surface area (Å²) in [7, 11) is 0. The zero-order valence-electron chi connectivity index (χ0n) is 15.2. The Bertz CT molecular complexity index is 680. The number of imidazole rings is 1. The summed E-state index contributed by atoms with van der Waals surface area (Å²) >= 11 is 0. The van der Waals surface area contributed by atoms with E-state index in [4.69, 9.17) is 4.98 Å². The number of halogens is 1. The van der Waals surface area contributed by atoms with E-state index in [-0.39, 0.29) is 12.4 Å². The zero-order valence-corrected chi connectivity index (χ0v) is 16.0. The third kappa shape index (κ3) is 4.00. The number of hydrogen-bond donors (Lipinski definition) is 1. The lowest BCUT2D eigenvalue weighted by Gasteiger charge is -2.32. The van der Waals surface area contributed by atoms with Gasteiger partial charge in [0.2, 0.25) is 0 Å². The van der Waals surface area contributed by atoms with E-state index in [1.54, 1.807) is 0 Å². The minimum atomic E-state index is 0. The Labute approximate surface area is 156 Å². The third-order valence-corrected chi connectivity index (χ3v) is 5.46. The van der Waals surface area contributed by atoms with Crippen LogP contribution in [0, 0.1) is 0 Å². The van der Waals surface area contributed by atoms with E-state index < -0.39 is 0 Å². The van der Waals surface area contributed by atoms with Crippen LogP contribution in [0.3, 0.4) is 0 Å². The molecule has 2 aliphatic rings. The van der Waals surface area contributed by atoms with E-state index in [2.05, 4.69) is 50.9 Å². The molecule has 0 saturated carbocycles. The lowest BCUT2D eigenvalue weighted by Crippen LogP contribution is -2.49. The quantitative estimate of drug-likeness (QED) is 0.884. The van der Waals surface area contributed by atoms with Crippen LogP contribution in [0.15, 0.2) is 24.3 Å². The van der Waals surface area contributed by atoms with Gasteiger partial charge in [-0.25, -0.2) is 4.98 Å². The molecule has 0 aliphatic carbocycles. The fraction of sp³-hybridized carbons (Fsp3) is 0.632. The maximum absolute atomic E-state index is 4.93. The number of nitrogens with one attached hydrogen (secondary N) is 1. The van der Waals surface area contributed by atoms with Crippen molar-refractivity contribution in [1.82, 2.24) is 24.7 Å². The van der Waals surface area contributed by atoms with Crippen molar-refractivity contribution in [3.8, 4) is 0 Å². The van der Waals surface area contributed by atoms with Gasteiger partial charge in [-0.1, -0.05) is 19.1 Å². The standard InChI is InChI=1S/C19H29N5.ClH/c1-2-10-24-18-6-4-3-5-17(18)21-19(24)15-22-11-7-16(14-22)23-12-8-20-9-13-23;/h3-6,16,20H,2,7-15H2,1H3;1H. The first kappa shape index (κ1) is 18.6. The smallest absolute Gasteiger partial charge is 0.124 e. The molecule has 0 bridgehead atoms. The number of piperazine rings is 1. The van der Waals surface area contributed by atoms with Crippen molar-refractivity contribution in [3.63, 3.8) is 0 Å². The first-order chi connectivity index (χ1) is 11.8. The lowest BCUT2D eigenvalue weighted by molar-refractivity contribution is 0.169. The molecule has 0 amide bonds. The van der Waals surface area contributed by atoms with Crippen LogP contribution in [0.2, 0.25) is 0 Å². The summed E-state index contributed by atoms with van der Waals surface area (Å²) in [6.07, 6.45) is 2.45. The van der Waals surface area contributed by atoms with Crippen molar-refractivity contribution < 1.29 is 0 Å². The van der Waals surface area contributed by atoms with Gasteiger partial charge in [0.05, 0.1) is 17.6 Å². The molecule has 0 spiro atoms. The van der Waals surface area contributed by atoms with E-state index in [0.29, 0.717) is 0 Å². The molecule has 1 unspecified atom stereocenters. The molecule has 3 heterocycles. The fourth-order valence-corrected chi connectivity index (χ4v) is 4.22. The van der Waals surface area contributed by atoms with Crippen molar-refractivity contribution in [1.29, 1.82) is 0 Å². The average Bonchev–Trinajstić information content (AvgIpc) is 3.22. The molecule has 1 N–H and O–H groups in total. The molecule has 5 nitrogen and oxygen atoms in total. The maximum Gasteiger partial charge on any atom is 0.124 e. The van der Waals surface area contributed by atoms with Crippen molar-refractivity contribution in [3.05, 3.63) is 30.1 Å². The number of rotatable bonds is 5. The molecule has 0 radical (unpaired) electrons. The Morgan fingerprint density at radius 3 is 2.76 bits per heavy atom. The van der Waals surface area contributed by atoms with Crippen LogP contribution in [0.4, 0.5) is 0 Å². The second-order valence-electron chi connectivity index (χ2n) is 7.13. The van der Waals surface area contributed by atoms with Gasteiger partial charge < -0.3 is 9.88 Å². The predicted molar refractivity (Wildman–Crippen MR) is 105 cm³/mol. The molecule has 2 aliphatic heterocycles. The number of aryl methyl sites for hydroxylation is 1. The Kier molecular flexibility index (Phi) is 6.34. The minimum absolute atomic E-state index is 0. The highest BCUT2D eigenvalue weighted by Gasteiger charge is 2.29. The highest BCUT2D eigenvalue weighted by molar-refractivity contribution is 5.85. The van der Waals surface area contributed by atoms with Gasteiger partial charge >= 0.3 is 0 Å². The molecule has 1 atom stereocenters. The molecular formula is C19H30ClN5. The number of nitrogens with zero attached hydrogens (tertiary/aromatic N) is 4. The monoisotopic (exact) mass is 363 g/mol. The number of hydrogen-bond acceptors (Lipinski definition) is 4. The topological polar surface area (TPSA) is 36.3 Å². The molecular weight excluding hydrogens is 334 g/mol. The first-order valence-electron chi connectivity index (χ1n) is 9.46. The van der Waals surface area contributed by atoms with E-state index in [1.807, 2.05) is 0 Å². The number of benzene rings is 1. The molecule has 25 heavy (non-hydrogen) atoms. The van der Waals surface area contributed by atoms with Crippen LogP contribution in [0.5, 0.6) is 0 Å². The second kappa shape index (κ2) is 8.49. The highest BCUT2D eigenvalue weighted by Crippen LogP contribution is 2.21. The van der Waals surface area contributed by atoms with Gasteiger partial charge in [-0.3, -0.25) is 9.80 Å². The van der Waals surface area contributed by atoms with Crippen LogP contribution < -0.4 is 5.32 Å². The van der Waals surface area contributed by atoms with Gasteiger partial charge in [0.15, 0.2) is 0 Å². The number of para-hydroxylation sites is 2. The van der Waals surface area contributed by atoms with Gasteiger partial charge in [-0.2, -0.15) is 0 Å². The molecule has 6 heteroatoms. The highest BCUT2D eigenvalue weighted by atomic mass is 35.5. The fourth-order valence-electron chi connectivity index (χ4n) is 4.22. The summed E-state index contributed by atoms with van der Waals surface area (Å²) in [6.45, 7) is 11.4. The minimum Gasteiger partial charge on any atom is -0.327 e. The Morgan fingerprint density at radius 1 is 1.16 bits per heavy atom. The summed E-state index contributed by atoms with van der Waals surface area (Å²) in [5.74, 6) is 1.24. The van der Waals surface area contributed by atoms with Crippen molar-refractivity contribution >= 4 is 23.4 Å². The number of fused-ring (bicyclic) bond motifs is 1. The van der Waals surface area contributed by atoms with Crippen LogP contribution in [0.1, 0.15) is 25.6 Å². The summed E-state index contributed by atoms with van der Waals surface area (Å²) < 4.78 is 2.42.